The van der Waals surface area contributed by atoms with Crippen molar-refractivity contribution in [3.8, 4) is 0 Å². The number of allylic oxidation sites excluding steroid dienone is 4. The topological polar surface area (TPSA) is 78.9 Å². The van der Waals surface area contributed by atoms with E-state index in [-0.39, 0.29) is 31.1 Å². The Hall–Kier alpha value is -2.11. The van der Waals surface area contributed by atoms with Crippen LogP contribution in [0, 0.1) is 0 Å². The number of hydrogen-bond acceptors (Lipinski definition) is 6. The van der Waals surface area contributed by atoms with Gasteiger partial charge in [0.05, 0.1) is 0 Å². The van der Waals surface area contributed by atoms with Crippen LogP contribution in [-0.4, -0.2) is 37.2 Å². The van der Waals surface area contributed by atoms with Crippen molar-refractivity contribution in [2.45, 2.75) is 399 Å². The Morgan fingerprint density at radius 2 is 0.429 bits per heavy atom. The van der Waals surface area contributed by atoms with Crippen molar-refractivity contribution in [1.29, 1.82) is 0 Å². The van der Waals surface area contributed by atoms with Crippen molar-refractivity contribution < 1.29 is 28.6 Å². The maximum atomic E-state index is 12.9. The van der Waals surface area contributed by atoms with Gasteiger partial charge in [-0.1, -0.05) is 328 Å². The van der Waals surface area contributed by atoms with E-state index in [0.29, 0.717) is 19.3 Å². The summed E-state index contributed by atoms with van der Waals surface area (Å²) in [4.78, 5) is 38.4. The van der Waals surface area contributed by atoms with E-state index in [1.165, 1.54) is 289 Å². The van der Waals surface area contributed by atoms with Gasteiger partial charge >= 0.3 is 17.9 Å². The van der Waals surface area contributed by atoms with Crippen LogP contribution >= 0.6 is 0 Å². The lowest BCUT2D eigenvalue weighted by atomic mass is 10.0. The Morgan fingerprint density at radius 3 is 0.662 bits per heavy atom. The largest absolute Gasteiger partial charge is 0.462 e. The first kappa shape index (κ1) is 74.9. The first-order valence-electron chi connectivity index (χ1n) is 34.8. The molecule has 0 heterocycles. The molecule has 1 unspecified atom stereocenters. The molecule has 0 aliphatic heterocycles. The molecule has 0 rings (SSSR count). The Morgan fingerprint density at radius 1 is 0.247 bits per heavy atom. The average molecular weight is 1080 g/mol. The summed E-state index contributed by atoms with van der Waals surface area (Å²) < 4.78 is 17.0. The zero-order chi connectivity index (χ0) is 55.7. The molecule has 0 aliphatic carbocycles. The van der Waals surface area contributed by atoms with Gasteiger partial charge in [-0.05, 0) is 70.6 Å². The number of carbonyl (C=O) groups excluding carboxylic acids is 3. The maximum Gasteiger partial charge on any atom is 0.306 e. The first-order chi connectivity index (χ1) is 38.0. The predicted molar refractivity (Wildman–Crippen MR) is 335 cm³/mol. The number of ether oxygens (including phenoxy) is 3. The molecule has 6 nitrogen and oxygen atoms in total. The molecule has 0 amide bonds. The molecule has 0 aliphatic rings. The van der Waals surface area contributed by atoms with Gasteiger partial charge in [0.1, 0.15) is 13.2 Å². The Labute approximate surface area is 481 Å². The highest BCUT2D eigenvalue weighted by Crippen LogP contribution is 2.19. The summed E-state index contributed by atoms with van der Waals surface area (Å²) in [5, 5.41) is 0. The van der Waals surface area contributed by atoms with E-state index < -0.39 is 6.10 Å². The van der Waals surface area contributed by atoms with Crippen molar-refractivity contribution in [1.82, 2.24) is 0 Å². The molecule has 0 aromatic heterocycles. The molecule has 0 saturated heterocycles. The molecule has 0 spiro atoms. The average Bonchev–Trinajstić information content (AvgIpc) is 3.43. The molecular weight excluding hydrogens is 949 g/mol. The zero-order valence-electron chi connectivity index (χ0n) is 52.3. The molecule has 6 heteroatoms. The summed E-state index contributed by atoms with van der Waals surface area (Å²) in [5.41, 5.74) is 0. The van der Waals surface area contributed by atoms with Gasteiger partial charge in [0.15, 0.2) is 6.10 Å². The van der Waals surface area contributed by atoms with Crippen LogP contribution in [0.1, 0.15) is 393 Å². The standard InChI is InChI=1S/C71H134O6/c1-4-7-10-13-16-19-22-25-27-29-31-32-33-34-35-36-37-38-40-41-43-46-49-52-55-58-61-64-70(73)76-67-68(66-75-69(72)63-60-57-54-51-48-45-24-21-18-15-12-9-6-3)77-71(74)65-62-59-56-53-50-47-44-42-39-30-28-26-23-20-17-14-11-8-5-2/h21,24,26,28,68H,4-20,22-23,25,27,29-67H2,1-3H3/b24-21-,28-26-. The summed E-state index contributed by atoms with van der Waals surface area (Å²) in [6, 6.07) is 0. The minimum absolute atomic E-state index is 0.0694. The molecule has 0 bridgehead atoms. The Bertz CT molecular complexity index is 1240. The molecule has 0 aromatic carbocycles. The van der Waals surface area contributed by atoms with Crippen LogP contribution in [0.4, 0.5) is 0 Å². The molecule has 1 atom stereocenters. The van der Waals surface area contributed by atoms with Gasteiger partial charge in [-0.15, -0.1) is 0 Å². The second-order valence-electron chi connectivity index (χ2n) is 23.8. The molecular formula is C71H134O6. The fourth-order valence-corrected chi connectivity index (χ4v) is 10.7. The van der Waals surface area contributed by atoms with Crippen molar-refractivity contribution in [2.75, 3.05) is 13.2 Å². The molecule has 0 fully saturated rings. The number of unbranched alkanes of at least 4 members (excludes halogenated alkanes) is 50. The lowest BCUT2D eigenvalue weighted by Crippen LogP contribution is -2.30. The number of carbonyl (C=O) groups is 3. The van der Waals surface area contributed by atoms with E-state index in [9.17, 15) is 14.4 Å². The number of esters is 3. The summed E-state index contributed by atoms with van der Waals surface area (Å²) in [6.45, 7) is 6.69. The van der Waals surface area contributed by atoms with Crippen molar-refractivity contribution in [3.05, 3.63) is 24.3 Å². The predicted octanol–water partition coefficient (Wildman–Crippen LogP) is 23.8. The minimum atomic E-state index is -0.773. The third-order valence-electron chi connectivity index (χ3n) is 15.9. The number of hydrogen-bond donors (Lipinski definition) is 0. The van der Waals surface area contributed by atoms with Crippen molar-refractivity contribution in [2.24, 2.45) is 0 Å². The Kier molecular flexibility index (Phi) is 64.6. The monoisotopic (exact) mass is 1080 g/mol. The summed E-state index contributed by atoms with van der Waals surface area (Å²) in [6.07, 6.45) is 80.7. The minimum Gasteiger partial charge on any atom is -0.462 e. The summed E-state index contributed by atoms with van der Waals surface area (Å²) in [5.74, 6) is -0.852. The van der Waals surface area contributed by atoms with Crippen LogP contribution in [0.2, 0.25) is 0 Å². The van der Waals surface area contributed by atoms with E-state index in [2.05, 4.69) is 45.1 Å². The van der Waals surface area contributed by atoms with Crippen LogP contribution in [0.15, 0.2) is 24.3 Å². The lowest BCUT2D eigenvalue weighted by Gasteiger charge is -2.18. The zero-order valence-corrected chi connectivity index (χ0v) is 52.3. The third kappa shape index (κ3) is 64.6. The highest BCUT2D eigenvalue weighted by Gasteiger charge is 2.19. The highest BCUT2D eigenvalue weighted by atomic mass is 16.6. The van der Waals surface area contributed by atoms with E-state index in [4.69, 9.17) is 14.2 Å². The van der Waals surface area contributed by atoms with Gasteiger partial charge < -0.3 is 14.2 Å². The van der Waals surface area contributed by atoms with E-state index in [1.54, 1.807) is 0 Å². The molecule has 0 N–H and O–H groups in total. The lowest BCUT2D eigenvalue weighted by molar-refractivity contribution is -0.167. The van der Waals surface area contributed by atoms with Crippen molar-refractivity contribution >= 4 is 17.9 Å². The quantitative estimate of drug-likeness (QED) is 0.0261. The van der Waals surface area contributed by atoms with Crippen LogP contribution in [0.25, 0.3) is 0 Å². The van der Waals surface area contributed by atoms with E-state index >= 15 is 0 Å². The third-order valence-corrected chi connectivity index (χ3v) is 15.9. The van der Waals surface area contributed by atoms with E-state index in [1.807, 2.05) is 0 Å². The summed E-state index contributed by atoms with van der Waals surface area (Å²) >= 11 is 0. The van der Waals surface area contributed by atoms with Gasteiger partial charge in [-0.2, -0.15) is 0 Å². The fourth-order valence-electron chi connectivity index (χ4n) is 10.7. The SMILES string of the molecule is CCCCCC/C=C\CCCCCCCC(=O)OCC(COC(=O)CCCCCCCCCCCCCCCCCCCCCCCCCCCCC)OC(=O)CCCCCCCCCCC/C=C\CCCCCCCC. The second kappa shape index (κ2) is 66.4. The van der Waals surface area contributed by atoms with Gasteiger partial charge in [-0.25, -0.2) is 0 Å². The summed E-state index contributed by atoms with van der Waals surface area (Å²) in [7, 11) is 0. The van der Waals surface area contributed by atoms with Gasteiger partial charge in [0, 0.05) is 19.3 Å². The normalized spacial score (nSPS) is 12.1. The van der Waals surface area contributed by atoms with Crippen molar-refractivity contribution in [3.63, 3.8) is 0 Å². The first-order valence-corrected chi connectivity index (χ1v) is 34.8. The van der Waals surface area contributed by atoms with Gasteiger partial charge in [-0.3, -0.25) is 14.4 Å². The molecule has 0 radical (unpaired) electrons. The molecule has 0 aromatic rings. The van der Waals surface area contributed by atoms with Crippen LogP contribution in [0.3, 0.4) is 0 Å². The van der Waals surface area contributed by atoms with Gasteiger partial charge in [0.2, 0.25) is 0 Å². The second-order valence-corrected chi connectivity index (χ2v) is 23.8. The van der Waals surface area contributed by atoms with Crippen LogP contribution < -0.4 is 0 Å². The maximum absolute atomic E-state index is 12.9. The molecule has 77 heavy (non-hydrogen) atoms. The fraction of sp³-hybridized carbons (Fsp3) is 0.901. The molecule has 454 valence electrons. The highest BCUT2D eigenvalue weighted by molar-refractivity contribution is 5.71. The molecule has 0 saturated carbocycles. The number of rotatable bonds is 65. The van der Waals surface area contributed by atoms with Crippen LogP contribution in [0.5, 0.6) is 0 Å². The smallest absolute Gasteiger partial charge is 0.306 e. The van der Waals surface area contributed by atoms with E-state index in [0.717, 1.165) is 64.2 Å². The Balaban J connectivity index is 4.19. The van der Waals surface area contributed by atoms with Crippen LogP contribution in [-0.2, 0) is 28.6 Å². The van der Waals surface area contributed by atoms with Gasteiger partial charge in [0.25, 0.3) is 0 Å².